The Labute approximate surface area is 122 Å². The highest BCUT2D eigenvalue weighted by molar-refractivity contribution is 5.98. The lowest BCUT2D eigenvalue weighted by atomic mass is 9.91. The van der Waals surface area contributed by atoms with Crippen molar-refractivity contribution in [3.8, 4) is 11.5 Å². The number of hydrogen-bond acceptors (Lipinski definition) is 4. The number of ether oxygens (including phenoxy) is 1. The first-order valence-corrected chi connectivity index (χ1v) is 7.07. The van der Waals surface area contributed by atoms with Crippen LogP contribution in [-0.2, 0) is 4.79 Å². The third-order valence-corrected chi connectivity index (χ3v) is 4.30. The summed E-state index contributed by atoms with van der Waals surface area (Å²) >= 11 is 0. The number of nitrogens with zero attached hydrogens (tertiary/aromatic N) is 1. The van der Waals surface area contributed by atoms with Gasteiger partial charge >= 0.3 is 0 Å². The van der Waals surface area contributed by atoms with Gasteiger partial charge in [-0.25, -0.2) is 0 Å². The number of fused-ring (bicyclic) bond motifs is 1. The minimum atomic E-state index is -0.252. The van der Waals surface area contributed by atoms with Crippen LogP contribution in [0, 0.1) is 5.92 Å². The van der Waals surface area contributed by atoms with E-state index in [9.17, 15) is 14.7 Å². The van der Waals surface area contributed by atoms with Crippen LogP contribution in [0.25, 0.3) is 0 Å². The van der Waals surface area contributed by atoms with E-state index in [0.29, 0.717) is 18.8 Å². The van der Waals surface area contributed by atoms with Gasteiger partial charge in [0.15, 0.2) is 0 Å². The largest absolute Gasteiger partial charge is 0.507 e. The molecule has 6 heteroatoms. The molecule has 0 bridgehead atoms. The predicted octanol–water partition coefficient (Wildman–Crippen LogP) is 0.751. The summed E-state index contributed by atoms with van der Waals surface area (Å²) < 4.78 is 5.10. The van der Waals surface area contributed by atoms with Crippen molar-refractivity contribution < 1.29 is 19.4 Å². The number of piperidine rings is 1. The molecule has 2 saturated heterocycles. The first-order valence-electron chi connectivity index (χ1n) is 7.07. The second-order valence-corrected chi connectivity index (χ2v) is 5.44. The van der Waals surface area contributed by atoms with Gasteiger partial charge in [0, 0.05) is 13.1 Å². The number of methoxy groups -OCH3 is 1. The van der Waals surface area contributed by atoms with Crippen LogP contribution >= 0.6 is 0 Å². The number of carbonyl (C=O) groups excluding carboxylic acids is 2. The molecule has 0 aliphatic carbocycles. The lowest BCUT2D eigenvalue weighted by Gasteiger charge is -2.36. The molecule has 0 spiro atoms. The van der Waals surface area contributed by atoms with E-state index in [1.54, 1.807) is 11.0 Å². The third-order valence-electron chi connectivity index (χ3n) is 4.30. The number of benzene rings is 1. The Hall–Kier alpha value is -2.24. The molecule has 2 aliphatic heterocycles. The zero-order valence-corrected chi connectivity index (χ0v) is 11.8. The SMILES string of the molecule is COc1ccc(O)c(C(=O)N2CCCC3C(=O)NCC32)c1. The van der Waals surface area contributed by atoms with Gasteiger partial charge in [-0.2, -0.15) is 0 Å². The molecule has 21 heavy (non-hydrogen) atoms. The molecule has 2 fully saturated rings. The van der Waals surface area contributed by atoms with Crippen LogP contribution in [0.1, 0.15) is 23.2 Å². The van der Waals surface area contributed by atoms with Crippen molar-refractivity contribution in [2.75, 3.05) is 20.2 Å². The van der Waals surface area contributed by atoms with Gasteiger partial charge in [-0.05, 0) is 31.0 Å². The maximum Gasteiger partial charge on any atom is 0.258 e. The summed E-state index contributed by atoms with van der Waals surface area (Å²) in [6.07, 6.45) is 1.61. The highest BCUT2D eigenvalue weighted by Crippen LogP contribution is 2.31. The molecule has 0 saturated carbocycles. The van der Waals surface area contributed by atoms with Gasteiger partial charge in [-0.15, -0.1) is 0 Å². The Morgan fingerprint density at radius 2 is 2.29 bits per heavy atom. The van der Waals surface area contributed by atoms with Crippen LogP contribution in [0.3, 0.4) is 0 Å². The van der Waals surface area contributed by atoms with E-state index in [1.807, 2.05) is 0 Å². The molecule has 2 aliphatic rings. The quantitative estimate of drug-likeness (QED) is 0.842. The average Bonchev–Trinajstić information content (AvgIpc) is 2.89. The fourth-order valence-electron chi connectivity index (χ4n) is 3.17. The normalized spacial score (nSPS) is 24.4. The first-order chi connectivity index (χ1) is 10.1. The zero-order chi connectivity index (χ0) is 15.0. The summed E-state index contributed by atoms with van der Waals surface area (Å²) in [6, 6.07) is 4.47. The van der Waals surface area contributed by atoms with E-state index in [1.165, 1.54) is 19.2 Å². The fourth-order valence-corrected chi connectivity index (χ4v) is 3.17. The lowest BCUT2D eigenvalue weighted by Crippen LogP contribution is -2.48. The van der Waals surface area contributed by atoms with E-state index in [-0.39, 0.29) is 35.1 Å². The topological polar surface area (TPSA) is 78.9 Å². The highest BCUT2D eigenvalue weighted by Gasteiger charge is 2.43. The molecule has 2 atom stereocenters. The molecule has 1 aromatic rings. The van der Waals surface area contributed by atoms with Crippen molar-refractivity contribution >= 4 is 11.8 Å². The molecule has 6 nitrogen and oxygen atoms in total. The van der Waals surface area contributed by atoms with Gasteiger partial charge < -0.3 is 20.1 Å². The number of carbonyl (C=O) groups is 2. The van der Waals surface area contributed by atoms with Crippen LogP contribution < -0.4 is 10.1 Å². The second-order valence-electron chi connectivity index (χ2n) is 5.44. The molecule has 1 aromatic carbocycles. The standard InChI is InChI=1S/C15H18N2O4/c1-21-9-4-5-13(18)11(7-9)15(20)17-6-2-3-10-12(17)8-16-14(10)19/h4-5,7,10,12,18H,2-3,6,8H2,1H3,(H,16,19). The van der Waals surface area contributed by atoms with Crippen molar-refractivity contribution in [1.29, 1.82) is 0 Å². The number of aromatic hydroxyl groups is 1. The molecule has 2 amide bonds. The van der Waals surface area contributed by atoms with Crippen molar-refractivity contribution in [1.82, 2.24) is 10.2 Å². The third kappa shape index (κ3) is 2.30. The highest BCUT2D eigenvalue weighted by atomic mass is 16.5. The van der Waals surface area contributed by atoms with Crippen LogP contribution in [0.5, 0.6) is 11.5 Å². The minimum absolute atomic E-state index is 0.0207. The number of hydrogen-bond donors (Lipinski definition) is 2. The smallest absolute Gasteiger partial charge is 0.258 e. The summed E-state index contributed by atoms with van der Waals surface area (Å²) in [5, 5.41) is 12.8. The monoisotopic (exact) mass is 290 g/mol. The average molecular weight is 290 g/mol. The summed E-state index contributed by atoms with van der Waals surface area (Å²) in [5.74, 6) is 0.0888. The number of rotatable bonds is 2. The Morgan fingerprint density at radius 1 is 1.48 bits per heavy atom. The van der Waals surface area contributed by atoms with Gasteiger partial charge in [0.2, 0.25) is 5.91 Å². The van der Waals surface area contributed by atoms with Gasteiger partial charge in [-0.1, -0.05) is 0 Å². The lowest BCUT2D eigenvalue weighted by molar-refractivity contribution is -0.123. The molecule has 2 heterocycles. The zero-order valence-electron chi connectivity index (χ0n) is 11.8. The number of likely N-dealkylation sites (tertiary alicyclic amines) is 1. The molecule has 0 aromatic heterocycles. The van der Waals surface area contributed by atoms with Crippen LogP contribution in [-0.4, -0.2) is 48.1 Å². The Morgan fingerprint density at radius 3 is 3.05 bits per heavy atom. The molecule has 2 unspecified atom stereocenters. The van der Waals surface area contributed by atoms with Crippen molar-refractivity contribution in [3.05, 3.63) is 23.8 Å². The molecule has 0 radical (unpaired) electrons. The van der Waals surface area contributed by atoms with E-state index >= 15 is 0 Å². The van der Waals surface area contributed by atoms with Crippen molar-refractivity contribution in [2.45, 2.75) is 18.9 Å². The first kappa shape index (κ1) is 13.7. The predicted molar refractivity (Wildman–Crippen MR) is 75.2 cm³/mol. The Balaban J connectivity index is 1.89. The maximum absolute atomic E-state index is 12.7. The number of amides is 2. The molecular weight excluding hydrogens is 272 g/mol. The fraction of sp³-hybridized carbons (Fsp3) is 0.467. The summed E-state index contributed by atoms with van der Waals surface area (Å²) in [5.41, 5.74) is 0.217. The molecule has 3 rings (SSSR count). The van der Waals surface area contributed by atoms with Gasteiger partial charge in [0.1, 0.15) is 11.5 Å². The number of phenols is 1. The van der Waals surface area contributed by atoms with E-state index < -0.39 is 0 Å². The van der Waals surface area contributed by atoms with Gasteiger partial charge in [0.25, 0.3) is 5.91 Å². The number of nitrogens with one attached hydrogen (secondary N) is 1. The number of phenolic OH excluding ortho intramolecular Hbond substituents is 1. The van der Waals surface area contributed by atoms with E-state index in [0.717, 1.165) is 12.8 Å². The van der Waals surface area contributed by atoms with Gasteiger partial charge in [0.05, 0.1) is 24.6 Å². The van der Waals surface area contributed by atoms with Crippen LogP contribution in [0.15, 0.2) is 18.2 Å². The van der Waals surface area contributed by atoms with Crippen LogP contribution in [0.4, 0.5) is 0 Å². The Bertz CT molecular complexity index is 587. The molecule has 2 N–H and O–H groups in total. The van der Waals surface area contributed by atoms with Crippen molar-refractivity contribution in [2.24, 2.45) is 5.92 Å². The van der Waals surface area contributed by atoms with E-state index in [2.05, 4.69) is 5.32 Å². The van der Waals surface area contributed by atoms with Crippen molar-refractivity contribution in [3.63, 3.8) is 0 Å². The Kier molecular flexibility index (Phi) is 3.45. The maximum atomic E-state index is 12.7. The molecular formula is C15H18N2O4. The van der Waals surface area contributed by atoms with E-state index in [4.69, 9.17) is 4.74 Å². The minimum Gasteiger partial charge on any atom is -0.507 e. The summed E-state index contributed by atoms with van der Waals surface area (Å²) in [4.78, 5) is 26.2. The summed E-state index contributed by atoms with van der Waals surface area (Å²) in [6.45, 7) is 1.09. The van der Waals surface area contributed by atoms with Gasteiger partial charge in [-0.3, -0.25) is 9.59 Å². The van der Waals surface area contributed by atoms with Crippen LogP contribution in [0.2, 0.25) is 0 Å². The summed E-state index contributed by atoms with van der Waals surface area (Å²) in [7, 11) is 1.51. The molecule has 112 valence electrons. The second kappa shape index (κ2) is 5.27.